The van der Waals surface area contributed by atoms with Crippen molar-refractivity contribution in [1.82, 2.24) is 9.13 Å². The number of nitrogens with zero attached hydrogens (tertiary/aromatic N) is 3. The molecule has 210 valence electrons. The van der Waals surface area contributed by atoms with Gasteiger partial charge in [-0.15, -0.1) is 0 Å². The van der Waals surface area contributed by atoms with Crippen molar-refractivity contribution in [3.8, 4) is 11.4 Å². The molecule has 0 saturated heterocycles. The van der Waals surface area contributed by atoms with Crippen LogP contribution in [-0.2, 0) is 9.53 Å². The van der Waals surface area contributed by atoms with Crippen LogP contribution in [0.3, 0.4) is 0 Å². The maximum atomic E-state index is 14.0. The van der Waals surface area contributed by atoms with E-state index in [0.717, 1.165) is 28.2 Å². The van der Waals surface area contributed by atoms with Crippen LogP contribution in [-0.4, -0.2) is 39.9 Å². The van der Waals surface area contributed by atoms with Gasteiger partial charge in [0.05, 0.1) is 41.1 Å². The third-order valence-corrected chi connectivity index (χ3v) is 8.04. The molecule has 0 aliphatic carbocycles. The highest BCUT2D eigenvalue weighted by Gasteiger charge is 2.33. The van der Waals surface area contributed by atoms with Gasteiger partial charge in [0.15, 0.2) is 4.80 Å². The first-order valence-corrected chi connectivity index (χ1v) is 13.8. The summed E-state index contributed by atoms with van der Waals surface area (Å²) in [4.78, 5) is 43.7. The molecule has 2 aromatic carbocycles. The van der Waals surface area contributed by atoms with Crippen LogP contribution in [0.1, 0.15) is 52.8 Å². The molecule has 0 bridgehead atoms. The van der Waals surface area contributed by atoms with Crippen molar-refractivity contribution in [2.75, 3.05) is 13.7 Å². The average molecular weight is 572 g/mol. The highest BCUT2D eigenvalue weighted by Crippen LogP contribution is 2.31. The fourth-order valence-electron chi connectivity index (χ4n) is 5.14. The van der Waals surface area contributed by atoms with Gasteiger partial charge in [0.2, 0.25) is 0 Å². The Morgan fingerprint density at radius 3 is 2.49 bits per heavy atom. The topological polar surface area (TPSA) is 112 Å². The van der Waals surface area contributed by atoms with E-state index in [1.54, 1.807) is 55.9 Å². The minimum absolute atomic E-state index is 0.191. The molecule has 1 aliphatic heterocycles. The Labute approximate surface area is 239 Å². The van der Waals surface area contributed by atoms with E-state index in [1.165, 1.54) is 11.3 Å². The molecule has 0 fully saturated rings. The number of carbonyl (C=O) groups is 2. The SMILES string of the molecule is CCOC(=O)C1=C(C)N=c2s/c(=C\c3cc(C)n(-c4cccc(C(=O)O)c4)c3C)c(=O)n2[C@@H]1c1ccc(OC)cc1. The summed E-state index contributed by atoms with van der Waals surface area (Å²) in [6, 6.07) is 15.2. The van der Waals surface area contributed by atoms with Crippen LogP contribution >= 0.6 is 11.3 Å². The number of thiazole rings is 1. The van der Waals surface area contributed by atoms with Crippen molar-refractivity contribution in [1.29, 1.82) is 0 Å². The predicted molar refractivity (Wildman–Crippen MR) is 156 cm³/mol. The zero-order valence-corrected chi connectivity index (χ0v) is 24.1. The largest absolute Gasteiger partial charge is 0.497 e. The summed E-state index contributed by atoms with van der Waals surface area (Å²) < 4.78 is 14.6. The lowest BCUT2D eigenvalue weighted by Gasteiger charge is -2.24. The van der Waals surface area contributed by atoms with E-state index in [2.05, 4.69) is 4.99 Å². The molecule has 10 heteroatoms. The van der Waals surface area contributed by atoms with Crippen molar-refractivity contribution in [2.45, 2.75) is 33.7 Å². The summed E-state index contributed by atoms with van der Waals surface area (Å²) in [5.74, 6) is -0.862. The number of aryl methyl sites for hydroxylation is 1. The van der Waals surface area contributed by atoms with Crippen LogP contribution in [0.15, 0.2) is 75.7 Å². The van der Waals surface area contributed by atoms with E-state index in [0.29, 0.717) is 26.4 Å². The Balaban J connectivity index is 1.67. The fourth-order valence-corrected chi connectivity index (χ4v) is 6.18. The maximum Gasteiger partial charge on any atom is 0.338 e. The molecule has 0 unspecified atom stereocenters. The number of carboxylic acid groups (broad SMARTS) is 1. The van der Waals surface area contributed by atoms with Crippen LogP contribution in [0.2, 0.25) is 0 Å². The lowest BCUT2D eigenvalue weighted by Crippen LogP contribution is -2.39. The van der Waals surface area contributed by atoms with Gasteiger partial charge in [-0.1, -0.05) is 29.5 Å². The normalized spacial score (nSPS) is 15.0. The van der Waals surface area contributed by atoms with Gasteiger partial charge in [-0.05, 0) is 81.3 Å². The fraction of sp³-hybridized carbons (Fsp3) is 0.226. The van der Waals surface area contributed by atoms with Crippen LogP contribution in [0.5, 0.6) is 5.75 Å². The molecular weight excluding hydrogens is 542 g/mol. The van der Waals surface area contributed by atoms with Gasteiger partial charge in [0.1, 0.15) is 5.75 Å². The molecule has 0 amide bonds. The number of allylic oxidation sites excluding steroid dienone is 1. The number of carboxylic acids is 1. The third kappa shape index (κ3) is 5.02. The number of fused-ring (bicyclic) bond motifs is 1. The van der Waals surface area contributed by atoms with Crippen LogP contribution in [0.4, 0.5) is 0 Å². The third-order valence-electron chi connectivity index (χ3n) is 7.06. The number of methoxy groups -OCH3 is 1. The summed E-state index contributed by atoms with van der Waals surface area (Å²) in [5, 5.41) is 9.44. The Morgan fingerprint density at radius 1 is 1.10 bits per heavy atom. The lowest BCUT2D eigenvalue weighted by atomic mass is 9.96. The first-order chi connectivity index (χ1) is 19.6. The van der Waals surface area contributed by atoms with Gasteiger partial charge < -0.3 is 19.1 Å². The Morgan fingerprint density at radius 2 is 1.83 bits per heavy atom. The number of hydrogen-bond acceptors (Lipinski definition) is 7. The van der Waals surface area contributed by atoms with Crippen molar-refractivity contribution >= 4 is 29.4 Å². The summed E-state index contributed by atoms with van der Waals surface area (Å²) in [6.07, 6.45) is 1.82. The number of carbonyl (C=O) groups excluding carboxylic acids is 1. The minimum Gasteiger partial charge on any atom is -0.497 e. The smallest absolute Gasteiger partial charge is 0.338 e. The highest BCUT2D eigenvalue weighted by atomic mass is 32.1. The van der Waals surface area contributed by atoms with E-state index < -0.39 is 18.0 Å². The summed E-state index contributed by atoms with van der Waals surface area (Å²) >= 11 is 1.25. The van der Waals surface area contributed by atoms with Crippen LogP contribution in [0.25, 0.3) is 11.8 Å². The molecule has 1 N–H and O–H groups in total. The molecule has 1 atom stereocenters. The Kier molecular flexibility index (Phi) is 7.51. The first kappa shape index (κ1) is 27.9. The van der Waals surface area contributed by atoms with Crippen LogP contribution in [0, 0.1) is 13.8 Å². The van der Waals surface area contributed by atoms with Gasteiger partial charge in [0.25, 0.3) is 5.56 Å². The molecule has 3 heterocycles. The lowest BCUT2D eigenvalue weighted by molar-refractivity contribution is -0.139. The van der Waals surface area contributed by atoms with E-state index in [1.807, 2.05) is 48.8 Å². The van der Waals surface area contributed by atoms with E-state index >= 15 is 0 Å². The van der Waals surface area contributed by atoms with Gasteiger partial charge in [0, 0.05) is 17.1 Å². The van der Waals surface area contributed by atoms with Gasteiger partial charge in [-0.25, -0.2) is 14.6 Å². The quantitative estimate of drug-likeness (QED) is 0.337. The number of esters is 1. The molecule has 4 aromatic rings. The molecule has 2 aromatic heterocycles. The van der Waals surface area contributed by atoms with E-state index in [9.17, 15) is 19.5 Å². The highest BCUT2D eigenvalue weighted by molar-refractivity contribution is 7.07. The molecule has 0 saturated carbocycles. The van der Waals surface area contributed by atoms with Crippen molar-refractivity contribution in [2.24, 2.45) is 4.99 Å². The zero-order chi connectivity index (χ0) is 29.4. The standard InChI is InChI=1S/C31H29N3O6S/c1-6-40-30(38)26-18(3)32-31-34(27(26)20-10-12-24(39-5)13-11-20)28(35)25(41-31)16-22-14-17(2)33(19(22)4)23-9-7-8-21(15-23)29(36)37/h7-16,27H,6H2,1-5H3,(H,36,37)/b25-16-/t27-/m1/s1. The van der Waals surface area contributed by atoms with Crippen molar-refractivity contribution in [3.63, 3.8) is 0 Å². The maximum absolute atomic E-state index is 14.0. The monoisotopic (exact) mass is 571 g/mol. The van der Waals surface area contributed by atoms with Gasteiger partial charge in [-0.3, -0.25) is 9.36 Å². The van der Waals surface area contributed by atoms with Crippen LogP contribution < -0.4 is 19.6 Å². The minimum atomic E-state index is -1.00. The number of ether oxygens (including phenoxy) is 2. The molecule has 5 rings (SSSR count). The number of hydrogen-bond donors (Lipinski definition) is 1. The Hall–Kier alpha value is -4.70. The number of aromatic nitrogens is 2. The molecule has 0 radical (unpaired) electrons. The molecule has 9 nitrogen and oxygen atoms in total. The molecule has 1 aliphatic rings. The van der Waals surface area contributed by atoms with Crippen molar-refractivity contribution < 1.29 is 24.2 Å². The predicted octanol–water partition coefficient (Wildman–Crippen LogP) is 3.91. The number of rotatable bonds is 7. The van der Waals surface area contributed by atoms with E-state index in [-0.39, 0.29) is 17.7 Å². The molecular formula is C31H29N3O6S. The Bertz CT molecular complexity index is 1890. The van der Waals surface area contributed by atoms with E-state index in [4.69, 9.17) is 9.47 Å². The van der Waals surface area contributed by atoms with Gasteiger partial charge >= 0.3 is 11.9 Å². The number of aromatic carboxylic acids is 1. The average Bonchev–Trinajstić information content (AvgIpc) is 3.41. The summed E-state index contributed by atoms with van der Waals surface area (Å²) in [7, 11) is 1.58. The summed E-state index contributed by atoms with van der Waals surface area (Å²) in [5.41, 5.74) is 4.73. The summed E-state index contributed by atoms with van der Waals surface area (Å²) in [6.45, 7) is 7.53. The molecule has 0 spiro atoms. The van der Waals surface area contributed by atoms with Crippen molar-refractivity contribution in [3.05, 3.63) is 114 Å². The van der Waals surface area contributed by atoms with Gasteiger partial charge in [-0.2, -0.15) is 0 Å². The zero-order valence-electron chi connectivity index (χ0n) is 23.3. The molecule has 41 heavy (non-hydrogen) atoms. The second kappa shape index (κ2) is 11.1. The second-order valence-electron chi connectivity index (χ2n) is 9.59. The number of benzene rings is 2. The first-order valence-electron chi connectivity index (χ1n) is 13.0. The second-order valence-corrected chi connectivity index (χ2v) is 10.6.